The quantitative estimate of drug-likeness (QED) is 0.394. The van der Waals surface area contributed by atoms with Gasteiger partial charge >= 0.3 is 6.03 Å². The number of nitro groups is 1. The summed E-state index contributed by atoms with van der Waals surface area (Å²) >= 11 is 0. The van der Waals surface area contributed by atoms with Crippen LogP contribution >= 0.6 is 0 Å². The Morgan fingerprint density at radius 1 is 1.14 bits per heavy atom. The van der Waals surface area contributed by atoms with Gasteiger partial charge in [0, 0.05) is 44.9 Å². The molecule has 3 heterocycles. The van der Waals surface area contributed by atoms with Crippen molar-refractivity contribution < 1.29 is 24.0 Å². The molecule has 3 atom stereocenters. The lowest BCUT2D eigenvalue weighted by Crippen LogP contribution is -2.75. The first kappa shape index (κ1) is 19.3. The number of ether oxygens (including phenoxy) is 1. The lowest BCUT2D eigenvalue weighted by atomic mass is 9.66. The molecule has 0 N–H and O–H groups in total. The number of imide groups is 2. The highest BCUT2D eigenvalue weighted by molar-refractivity contribution is 6.20. The number of carbonyl (C=O) groups is 3. The number of rotatable bonds is 1. The van der Waals surface area contributed by atoms with E-state index in [4.69, 9.17) is 4.74 Å². The standard InChI is InChI=1S/C19H22N4O6/c1-10-9-22-14-6-5-13(23(27)28)7-12(14)8-19(15(22)11(2)29-10)16(24)20(3)18(26)21(4)17(19)25/h5-7,10-11,15H,8-9H2,1-4H3/t10-,11+,15?/m1/s1. The van der Waals surface area contributed by atoms with Crippen LogP contribution in [0, 0.1) is 15.5 Å². The van der Waals surface area contributed by atoms with Gasteiger partial charge in [0.05, 0.1) is 23.2 Å². The van der Waals surface area contributed by atoms with E-state index in [0.717, 1.165) is 15.5 Å². The number of nitro benzene ring substituents is 1. The summed E-state index contributed by atoms with van der Waals surface area (Å²) in [5.41, 5.74) is -0.426. The predicted octanol–water partition coefficient (Wildman–Crippen LogP) is 1.17. The Hall–Kier alpha value is -3.01. The second kappa shape index (κ2) is 6.24. The topological polar surface area (TPSA) is 113 Å². The lowest BCUT2D eigenvalue weighted by molar-refractivity contribution is -0.384. The van der Waals surface area contributed by atoms with Crippen LogP contribution in [0.15, 0.2) is 18.2 Å². The molecule has 0 bridgehead atoms. The number of morpholine rings is 1. The van der Waals surface area contributed by atoms with E-state index in [2.05, 4.69) is 0 Å². The van der Waals surface area contributed by atoms with Crippen LogP contribution in [0.25, 0.3) is 0 Å². The van der Waals surface area contributed by atoms with Gasteiger partial charge in [0.15, 0.2) is 5.41 Å². The number of barbiturate groups is 1. The summed E-state index contributed by atoms with van der Waals surface area (Å²) in [5.74, 6) is -1.22. The van der Waals surface area contributed by atoms with Crippen molar-refractivity contribution in [3.63, 3.8) is 0 Å². The molecule has 2 saturated heterocycles. The summed E-state index contributed by atoms with van der Waals surface area (Å²) in [7, 11) is 2.69. The molecule has 4 amide bonds. The maximum Gasteiger partial charge on any atom is 0.332 e. The Balaban J connectivity index is 1.96. The van der Waals surface area contributed by atoms with Crippen molar-refractivity contribution in [1.82, 2.24) is 9.80 Å². The lowest BCUT2D eigenvalue weighted by Gasteiger charge is -2.57. The molecule has 10 nitrogen and oxygen atoms in total. The molecule has 10 heteroatoms. The molecule has 0 aliphatic carbocycles. The largest absolute Gasteiger partial charge is 0.372 e. The SMILES string of the molecule is C[C@@H]1CN2c3ccc([N+](=O)[O-])cc3CC3(C(=O)N(C)C(=O)N(C)C3=O)C2[C@H](C)O1. The van der Waals surface area contributed by atoms with Crippen molar-refractivity contribution >= 4 is 29.2 Å². The molecule has 3 aliphatic heterocycles. The maximum absolute atomic E-state index is 13.4. The van der Waals surface area contributed by atoms with Crippen LogP contribution in [0.1, 0.15) is 19.4 Å². The zero-order valence-corrected chi connectivity index (χ0v) is 16.6. The van der Waals surface area contributed by atoms with E-state index in [1.165, 1.54) is 26.2 Å². The molecule has 0 radical (unpaired) electrons. The van der Waals surface area contributed by atoms with E-state index in [0.29, 0.717) is 12.1 Å². The van der Waals surface area contributed by atoms with E-state index in [-0.39, 0.29) is 18.2 Å². The summed E-state index contributed by atoms with van der Waals surface area (Å²) in [6, 6.07) is 3.17. The third kappa shape index (κ3) is 2.48. The van der Waals surface area contributed by atoms with Crippen LogP contribution in [-0.2, 0) is 20.7 Å². The molecule has 1 unspecified atom stereocenters. The number of carbonyl (C=O) groups excluding carboxylic acids is 3. The van der Waals surface area contributed by atoms with Crippen LogP contribution in [0.4, 0.5) is 16.2 Å². The predicted molar refractivity (Wildman–Crippen MR) is 101 cm³/mol. The Morgan fingerprint density at radius 3 is 2.34 bits per heavy atom. The highest BCUT2D eigenvalue weighted by Crippen LogP contribution is 2.49. The Kier molecular flexibility index (Phi) is 4.16. The number of non-ortho nitro benzene ring substituents is 1. The second-order valence-corrected chi connectivity index (χ2v) is 7.98. The maximum atomic E-state index is 13.4. The summed E-state index contributed by atoms with van der Waals surface area (Å²) in [4.78, 5) is 53.8. The zero-order chi connectivity index (χ0) is 21.2. The van der Waals surface area contributed by atoms with Gasteiger partial charge in [-0.25, -0.2) is 4.79 Å². The van der Waals surface area contributed by atoms with Crippen LogP contribution < -0.4 is 4.90 Å². The number of anilines is 1. The van der Waals surface area contributed by atoms with E-state index < -0.39 is 40.3 Å². The third-order valence-corrected chi connectivity index (χ3v) is 6.19. The second-order valence-electron chi connectivity index (χ2n) is 7.98. The fourth-order valence-corrected chi connectivity index (χ4v) is 5.05. The van der Waals surface area contributed by atoms with Crippen LogP contribution in [0.3, 0.4) is 0 Å². The highest BCUT2D eigenvalue weighted by Gasteiger charge is 2.65. The van der Waals surface area contributed by atoms with Crippen molar-refractivity contribution in [2.24, 2.45) is 5.41 Å². The van der Waals surface area contributed by atoms with Crippen molar-refractivity contribution in [3.05, 3.63) is 33.9 Å². The normalized spacial score (nSPS) is 28.5. The Labute approximate surface area is 167 Å². The average molecular weight is 402 g/mol. The monoisotopic (exact) mass is 402 g/mol. The summed E-state index contributed by atoms with van der Waals surface area (Å²) in [6.07, 6.45) is -0.664. The number of hydrogen-bond acceptors (Lipinski definition) is 7. The molecule has 154 valence electrons. The minimum absolute atomic E-state index is 0.0348. The molecule has 1 aromatic carbocycles. The molecule has 3 aliphatic rings. The number of urea groups is 1. The fraction of sp³-hybridized carbons (Fsp3) is 0.526. The number of hydrogen-bond donors (Lipinski definition) is 0. The average Bonchev–Trinajstić information content (AvgIpc) is 2.68. The van der Waals surface area contributed by atoms with Crippen LogP contribution in [-0.4, -0.2) is 71.5 Å². The number of nitrogens with zero attached hydrogens (tertiary/aromatic N) is 4. The molecule has 4 rings (SSSR count). The first-order chi connectivity index (χ1) is 13.6. The van der Waals surface area contributed by atoms with Crippen molar-refractivity contribution in [1.29, 1.82) is 0 Å². The fourth-order valence-electron chi connectivity index (χ4n) is 5.05. The van der Waals surface area contributed by atoms with Crippen molar-refractivity contribution in [2.75, 3.05) is 25.5 Å². The van der Waals surface area contributed by atoms with Gasteiger partial charge in [0.1, 0.15) is 0 Å². The van der Waals surface area contributed by atoms with Gasteiger partial charge in [0.25, 0.3) is 5.69 Å². The van der Waals surface area contributed by atoms with Gasteiger partial charge in [-0.05, 0) is 25.5 Å². The van der Waals surface area contributed by atoms with Gasteiger partial charge in [-0.2, -0.15) is 0 Å². The summed E-state index contributed by atoms with van der Waals surface area (Å²) in [6.45, 7) is 4.12. The molecule has 2 fully saturated rings. The van der Waals surface area contributed by atoms with Gasteiger partial charge in [0.2, 0.25) is 11.8 Å². The van der Waals surface area contributed by atoms with Crippen molar-refractivity contribution in [3.8, 4) is 0 Å². The number of fused-ring (bicyclic) bond motifs is 4. The van der Waals surface area contributed by atoms with E-state index in [9.17, 15) is 24.5 Å². The van der Waals surface area contributed by atoms with E-state index >= 15 is 0 Å². The van der Waals surface area contributed by atoms with Gasteiger partial charge in [-0.3, -0.25) is 29.5 Å². The first-order valence-electron chi connectivity index (χ1n) is 9.39. The molecular formula is C19H22N4O6. The summed E-state index contributed by atoms with van der Waals surface area (Å²) in [5, 5.41) is 11.3. The van der Waals surface area contributed by atoms with E-state index in [1.54, 1.807) is 6.07 Å². The van der Waals surface area contributed by atoms with E-state index in [1.807, 2.05) is 18.7 Å². The van der Waals surface area contributed by atoms with Crippen LogP contribution in [0.5, 0.6) is 0 Å². The van der Waals surface area contributed by atoms with Gasteiger partial charge in [-0.15, -0.1) is 0 Å². The smallest absolute Gasteiger partial charge is 0.332 e. The third-order valence-electron chi connectivity index (χ3n) is 6.19. The molecule has 0 saturated carbocycles. The Morgan fingerprint density at radius 2 is 1.76 bits per heavy atom. The van der Waals surface area contributed by atoms with Gasteiger partial charge < -0.3 is 9.64 Å². The number of benzene rings is 1. The minimum Gasteiger partial charge on any atom is -0.372 e. The zero-order valence-electron chi connectivity index (χ0n) is 16.6. The van der Waals surface area contributed by atoms with Gasteiger partial charge in [-0.1, -0.05) is 0 Å². The summed E-state index contributed by atoms with van der Waals surface area (Å²) < 4.78 is 5.98. The molecule has 1 spiro atoms. The molecule has 29 heavy (non-hydrogen) atoms. The molecule has 1 aromatic rings. The highest BCUT2D eigenvalue weighted by atomic mass is 16.6. The van der Waals surface area contributed by atoms with Crippen molar-refractivity contribution in [2.45, 2.75) is 38.5 Å². The first-order valence-corrected chi connectivity index (χ1v) is 9.39. The Bertz CT molecular complexity index is 923. The number of amides is 4. The minimum atomic E-state index is -1.60. The molecular weight excluding hydrogens is 380 g/mol. The van der Waals surface area contributed by atoms with Crippen LogP contribution in [0.2, 0.25) is 0 Å². The molecule has 0 aromatic heterocycles.